The number of ketones is 1. The van der Waals surface area contributed by atoms with Crippen molar-refractivity contribution in [2.75, 3.05) is 0 Å². The fourth-order valence-corrected chi connectivity index (χ4v) is 3.69. The number of hydrogen-bond acceptors (Lipinski definition) is 6. The standard InChI is InChI=1S/C23H17N3O5/c27-21(16-8-2-1-3-9-16)19-20(17-10-4-5-11-18(17)26(30)31)25(23(29)22(19)28)14-15-7-6-12-24-13-15/h1-13,20,27H,14H2/t20-/m1/s1. The minimum atomic E-state index is -1.12. The number of aliphatic hydroxyl groups excluding tert-OH is 1. The van der Waals surface area contributed by atoms with Gasteiger partial charge >= 0.3 is 0 Å². The molecule has 8 heteroatoms. The number of nitro benzene ring substituents is 1. The Morgan fingerprint density at radius 1 is 1.03 bits per heavy atom. The highest BCUT2D eigenvalue weighted by atomic mass is 16.6. The fourth-order valence-electron chi connectivity index (χ4n) is 3.69. The number of likely N-dealkylation sites (tertiary alicyclic amines) is 1. The monoisotopic (exact) mass is 415 g/mol. The Labute approximate surface area is 177 Å². The van der Waals surface area contributed by atoms with Crippen molar-refractivity contribution in [1.82, 2.24) is 9.88 Å². The number of benzene rings is 2. The summed E-state index contributed by atoms with van der Waals surface area (Å²) >= 11 is 0. The molecule has 0 saturated carbocycles. The van der Waals surface area contributed by atoms with E-state index in [1.54, 1.807) is 60.9 Å². The van der Waals surface area contributed by atoms with E-state index < -0.39 is 22.7 Å². The number of pyridine rings is 1. The summed E-state index contributed by atoms with van der Waals surface area (Å²) in [5.74, 6) is -2.12. The van der Waals surface area contributed by atoms with Gasteiger partial charge in [-0.3, -0.25) is 24.7 Å². The Kier molecular flexibility index (Phi) is 5.28. The molecule has 0 aliphatic carbocycles. The zero-order valence-corrected chi connectivity index (χ0v) is 16.2. The van der Waals surface area contributed by atoms with Gasteiger partial charge in [-0.15, -0.1) is 0 Å². The average Bonchev–Trinajstić information content (AvgIpc) is 3.04. The molecule has 31 heavy (non-hydrogen) atoms. The van der Waals surface area contributed by atoms with Gasteiger partial charge in [-0.05, 0) is 17.7 Å². The van der Waals surface area contributed by atoms with E-state index in [0.717, 1.165) is 0 Å². The summed E-state index contributed by atoms with van der Waals surface area (Å²) < 4.78 is 0. The highest BCUT2D eigenvalue weighted by Gasteiger charge is 2.48. The van der Waals surface area contributed by atoms with Crippen molar-refractivity contribution < 1.29 is 19.6 Å². The first-order chi connectivity index (χ1) is 15.0. The number of Topliss-reactive ketones (excluding diaryl/α,β-unsaturated/α-hetero) is 1. The molecule has 0 bridgehead atoms. The molecule has 2 aromatic carbocycles. The van der Waals surface area contributed by atoms with E-state index in [2.05, 4.69) is 4.98 Å². The highest BCUT2D eigenvalue weighted by Crippen LogP contribution is 2.43. The van der Waals surface area contributed by atoms with Crippen molar-refractivity contribution in [1.29, 1.82) is 0 Å². The lowest BCUT2D eigenvalue weighted by atomic mass is 9.94. The molecule has 4 rings (SSSR count). The van der Waals surface area contributed by atoms with Crippen LogP contribution in [0, 0.1) is 10.1 Å². The molecule has 1 saturated heterocycles. The molecule has 1 aliphatic heterocycles. The summed E-state index contributed by atoms with van der Waals surface area (Å²) in [5, 5.41) is 22.6. The molecule has 0 unspecified atom stereocenters. The summed E-state index contributed by atoms with van der Waals surface area (Å²) in [6.07, 6.45) is 3.12. The quantitative estimate of drug-likeness (QED) is 0.224. The molecule has 0 spiro atoms. The maximum Gasteiger partial charge on any atom is 0.295 e. The topological polar surface area (TPSA) is 114 Å². The third kappa shape index (κ3) is 3.66. The van der Waals surface area contributed by atoms with Crippen molar-refractivity contribution in [2.24, 2.45) is 0 Å². The summed E-state index contributed by atoms with van der Waals surface area (Å²) in [6.45, 7) is 0.000693. The van der Waals surface area contributed by atoms with Gasteiger partial charge in [-0.1, -0.05) is 48.5 Å². The number of rotatable bonds is 5. The van der Waals surface area contributed by atoms with Gasteiger partial charge in [0, 0.05) is 30.6 Å². The first kappa shape index (κ1) is 20.0. The van der Waals surface area contributed by atoms with Crippen molar-refractivity contribution in [3.8, 4) is 0 Å². The van der Waals surface area contributed by atoms with Gasteiger partial charge in [0.25, 0.3) is 17.4 Å². The van der Waals surface area contributed by atoms with Crippen LogP contribution in [0.1, 0.15) is 22.7 Å². The van der Waals surface area contributed by atoms with Gasteiger partial charge in [0.1, 0.15) is 5.76 Å². The number of nitro groups is 1. The van der Waals surface area contributed by atoms with Crippen LogP contribution in [0.15, 0.2) is 84.7 Å². The second kappa shape index (κ2) is 8.19. The number of carbonyl (C=O) groups is 2. The first-order valence-corrected chi connectivity index (χ1v) is 9.45. The van der Waals surface area contributed by atoms with Gasteiger partial charge in [0.15, 0.2) is 0 Å². The zero-order chi connectivity index (χ0) is 22.0. The summed E-state index contributed by atoms with van der Waals surface area (Å²) in [6, 6.07) is 16.5. The predicted octanol–water partition coefficient (Wildman–Crippen LogP) is 3.61. The van der Waals surface area contributed by atoms with Crippen LogP contribution >= 0.6 is 0 Å². The van der Waals surface area contributed by atoms with Crippen LogP contribution in [0.25, 0.3) is 5.76 Å². The predicted molar refractivity (Wildman–Crippen MR) is 112 cm³/mol. The minimum absolute atomic E-state index is 0.000693. The SMILES string of the molecule is O=C1C(=O)N(Cc2cccnc2)[C@H](c2ccccc2[N+](=O)[O-])C1=C(O)c1ccccc1. The smallest absolute Gasteiger partial charge is 0.295 e. The zero-order valence-electron chi connectivity index (χ0n) is 16.2. The van der Waals surface area contributed by atoms with E-state index >= 15 is 0 Å². The molecule has 1 aromatic heterocycles. The molecule has 154 valence electrons. The molecule has 1 amide bonds. The lowest BCUT2D eigenvalue weighted by Crippen LogP contribution is -2.29. The minimum Gasteiger partial charge on any atom is -0.507 e. The first-order valence-electron chi connectivity index (χ1n) is 9.45. The molecular formula is C23H17N3O5. The van der Waals surface area contributed by atoms with Crippen molar-refractivity contribution in [3.05, 3.63) is 112 Å². The van der Waals surface area contributed by atoms with E-state index in [4.69, 9.17) is 0 Å². The van der Waals surface area contributed by atoms with E-state index in [9.17, 15) is 24.8 Å². The van der Waals surface area contributed by atoms with Gasteiger partial charge in [0.2, 0.25) is 0 Å². The molecule has 2 heterocycles. The Balaban J connectivity index is 1.93. The maximum absolute atomic E-state index is 13.0. The molecule has 1 fully saturated rings. The summed E-state index contributed by atoms with van der Waals surface area (Å²) in [4.78, 5) is 42.3. The van der Waals surface area contributed by atoms with Gasteiger partial charge < -0.3 is 10.0 Å². The van der Waals surface area contributed by atoms with Gasteiger partial charge in [-0.25, -0.2) is 0 Å². The molecule has 3 aromatic rings. The van der Waals surface area contributed by atoms with Crippen LogP contribution < -0.4 is 0 Å². The van der Waals surface area contributed by atoms with Crippen molar-refractivity contribution in [3.63, 3.8) is 0 Å². The largest absolute Gasteiger partial charge is 0.507 e. The number of para-hydroxylation sites is 1. The van der Waals surface area contributed by atoms with Gasteiger partial charge in [0.05, 0.1) is 22.1 Å². The molecule has 8 nitrogen and oxygen atoms in total. The van der Waals surface area contributed by atoms with E-state index in [1.165, 1.54) is 23.1 Å². The van der Waals surface area contributed by atoms with Crippen LogP contribution in [0.4, 0.5) is 5.69 Å². The normalized spacial score (nSPS) is 17.7. The summed E-state index contributed by atoms with van der Waals surface area (Å²) in [7, 11) is 0. The molecule has 1 aliphatic rings. The number of aliphatic hydroxyl groups is 1. The van der Waals surface area contributed by atoms with Gasteiger partial charge in [-0.2, -0.15) is 0 Å². The Hall–Kier alpha value is -4.33. The lowest BCUT2D eigenvalue weighted by Gasteiger charge is -2.25. The fraction of sp³-hybridized carbons (Fsp3) is 0.0870. The number of amides is 1. The van der Waals surface area contributed by atoms with Crippen molar-refractivity contribution >= 4 is 23.1 Å². The van der Waals surface area contributed by atoms with Crippen LogP contribution in [-0.2, 0) is 16.1 Å². The molecule has 1 atom stereocenters. The highest BCUT2D eigenvalue weighted by molar-refractivity contribution is 6.46. The van der Waals surface area contributed by atoms with Crippen LogP contribution in [-0.4, -0.2) is 31.6 Å². The Morgan fingerprint density at radius 3 is 2.42 bits per heavy atom. The maximum atomic E-state index is 13.0. The third-order valence-electron chi connectivity index (χ3n) is 5.09. The summed E-state index contributed by atoms with van der Waals surface area (Å²) in [5.41, 5.74) is 0.699. The van der Waals surface area contributed by atoms with Crippen molar-refractivity contribution in [2.45, 2.75) is 12.6 Å². The Morgan fingerprint density at radius 2 is 1.74 bits per heavy atom. The van der Waals surface area contributed by atoms with Crippen LogP contribution in [0.5, 0.6) is 0 Å². The lowest BCUT2D eigenvalue weighted by molar-refractivity contribution is -0.385. The van der Waals surface area contributed by atoms with E-state index in [0.29, 0.717) is 11.1 Å². The van der Waals surface area contributed by atoms with E-state index in [1.807, 2.05) is 0 Å². The number of aromatic nitrogens is 1. The second-order valence-electron chi connectivity index (χ2n) is 6.97. The Bertz CT molecular complexity index is 1190. The number of carbonyl (C=O) groups excluding carboxylic acids is 2. The molecule has 1 N–H and O–H groups in total. The number of nitrogens with zero attached hydrogens (tertiary/aromatic N) is 3. The second-order valence-corrected chi connectivity index (χ2v) is 6.97. The number of hydrogen-bond donors (Lipinski definition) is 1. The van der Waals surface area contributed by atoms with Crippen LogP contribution in [0.2, 0.25) is 0 Å². The van der Waals surface area contributed by atoms with Crippen LogP contribution in [0.3, 0.4) is 0 Å². The average molecular weight is 415 g/mol. The van der Waals surface area contributed by atoms with E-state index in [-0.39, 0.29) is 29.1 Å². The molecular weight excluding hydrogens is 398 g/mol. The third-order valence-corrected chi connectivity index (χ3v) is 5.09. The molecule has 0 radical (unpaired) electrons.